The number of thiocarbonyl (C=S) groups is 2. The third-order valence-electron chi connectivity index (χ3n) is 9.34. The molecular formula is C30H38N4O2S2. The summed E-state index contributed by atoms with van der Waals surface area (Å²) in [4.78, 5) is 0. The second-order valence-corrected chi connectivity index (χ2v) is 12.4. The number of ether oxygens (including phenoxy) is 2. The summed E-state index contributed by atoms with van der Waals surface area (Å²) in [5, 5.41) is 15.1. The Morgan fingerprint density at radius 2 is 1.11 bits per heavy atom. The number of nitrogens with one attached hydrogen (secondary N) is 4. The lowest BCUT2D eigenvalue weighted by molar-refractivity contribution is 0.391. The number of hydrogen-bond acceptors (Lipinski definition) is 4. The Hall–Kier alpha value is -2.58. The van der Waals surface area contributed by atoms with E-state index < -0.39 is 0 Å². The largest absolute Gasteiger partial charge is 0.495 e. The fraction of sp³-hybridized carbons (Fsp3) is 0.533. The van der Waals surface area contributed by atoms with Crippen LogP contribution in [0.25, 0.3) is 11.1 Å². The standard InChI is InChI=1S/C30H38N4O2S2/c1-35-27-15-19(7-9-23(27)31-29(37)33-25-13-17-3-5-21(25)11-17)20-8-10-24(28(16-20)36-2)32-30(38)34-26-14-18-4-6-22(26)12-18/h7-10,15-18,21-22,25-26H,3-6,11-14H2,1-2H3,(H2,31,33,37)(H2,32,34,38)/t17-,18+,21-,22-,25-,26+/m1/s1. The van der Waals surface area contributed by atoms with Crippen LogP contribution in [0.1, 0.15) is 51.4 Å². The first-order valence-corrected chi connectivity index (χ1v) is 14.8. The molecule has 0 unspecified atom stereocenters. The number of rotatable bonds is 7. The predicted octanol–water partition coefficient (Wildman–Crippen LogP) is 6.32. The zero-order chi connectivity index (χ0) is 26.2. The minimum Gasteiger partial charge on any atom is -0.495 e. The van der Waals surface area contributed by atoms with Gasteiger partial charge in [0, 0.05) is 12.1 Å². The van der Waals surface area contributed by atoms with Crippen molar-refractivity contribution >= 4 is 46.0 Å². The fourth-order valence-electron chi connectivity index (χ4n) is 7.44. The molecule has 4 bridgehead atoms. The van der Waals surface area contributed by atoms with E-state index in [1.54, 1.807) is 14.2 Å². The van der Waals surface area contributed by atoms with E-state index in [0.717, 1.165) is 57.7 Å². The number of methoxy groups -OCH3 is 2. The zero-order valence-electron chi connectivity index (χ0n) is 22.2. The molecule has 2 aromatic rings. The van der Waals surface area contributed by atoms with Crippen LogP contribution in [0.5, 0.6) is 11.5 Å². The Morgan fingerprint density at radius 3 is 1.45 bits per heavy atom. The molecule has 202 valence electrons. The van der Waals surface area contributed by atoms with Crippen LogP contribution >= 0.6 is 24.4 Å². The van der Waals surface area contributed by atoms with Crippen LogP contribution in [0.2, 0.25) is 0 Å². The zero-order valence-corrected chi connectivity index (χ0v) is 23.9. The van der Waals surface area contributed by atoms with E-state index in [1.807, 2.05) is 24.3 Å². The number of fused-ring (bicyclic) bond motifs is 4. The van der Waals surface area contributed by atoms with Gasteiger partial charge >= 0.3 is 0 Å². The van der Waals surface area contributed by atoms with E-state index in [9.17, 15) is 0 Å². The van der Waals surface area contributed by atoms with Crippen LogP contribution in [-0.2, 0) is 0 Å². The normalized spacial score (nSPS) is 28.7. The Labute approximate surface area is 236 Å². The summed E-state index contributed by atoms with van der Waals surface area (Å²) in [5.41, 5.74) is 3.79. The highest BCUT2D eigenvalue weighted by atomic mass is 32.1. The molecule has 0 radical (unpaired) electrons. The van der Waals surface area contributed by atoms with E-state index in [4.69, 9.17) is 33.9 Å². The quantitative estimate of drug-likeness (QED) is 0.299. The summed E-state index contributed by atoms with van der Waals surface area (Å²) in [6.07, 6.45) is 10.6. The molecule has 0 amide bonds. The molecule has 0 heterocycles. The lowest BCUT2D eigenvalue weighted by Crippen LogP contribution is -2.40. The average Bonchev–Trinajstić information content (AvgIpc) is 3.72. The summed E-state index contributed by atoms with van der Waals surface area (Å²) in [6, 6.07) is 13.3. The van der Waals surface area contributed by atoms with E-state index in [1.165, 1.54) is 51.4 Å². The minimum atomic E-state index is 0.495. The van der Waals surface area contributed by atoms with Crippen molar-refractivity contribution in [3.63, 3.8) is 0 Å². The van der Waals surface area contributed by atoms with Gasteiger partial charge in [0.15, 0.2) is 10.2 Å². The van der Waals surface area contributed by atoms with Gasteiger partial charge in [-0.25, -0.2) is 0 Å². The molecule has 6 nitrogen and oxygen atoms in total. The van der Waals surface area contributed by atoms with Gasteiger partial charge in [0.25, 0.3) is 0 Å². The molecule has 6 atom stereocenters. The van der Waals surface area contributed by atoms with Crippen LogP contribution < -0.4 is 30.7 Å². The maximum Gasteiger partial charge on any atom is 0.171 e. The summed E-state index contributed by atoms with van der Waals surface area (Å²) >= 11 is 11.3. The van der Waals surface area contributed by atoms with Crippen molar-refractivity contribution in [1.29, 1.82) is 0 Å². The summed E-state index contributed by atoms with van der Waals surface area (Å²) in [7, 11) is 3.38. The highest BCUT2D eigenvalue weighted by Gasteiger charge is 2.40. The monoisotopic (exact) mass is 550 g/mol. The van der Waals surface area contributed by atoms with Gasteiger partial charge in [0.05, 0.1) is 25.6 Å². The maximum absolute atomic E-state index is 5.73. The van der Waals surface area contributed by atoms with Gasteiger partial charge in [0.2, 0.25) is 0 Å². The molecule has 8 heteroatoms. The molecule has 0 aliphatic heterocycles. The Morgan fingerprint density at radius 1 is 0.658 bits per heavy atom. The number of anilines is 2. The molecule has 4 aliphatic carbocycles. The molecule has 4 N–H and O–H groups in total. The number of hydrogen-bond donors (Lipinski definition) is 4. The van der Waals surface area contributed by atoms with Gasteiger partial charge in [-0.05, 0) is 122 Å². The molecular weight excluding hydrogens is 512 g/mol. The van der Waals surface area contributed by atoms with Crippen LogP contribution in [0.15, 0.2) is 36.4 Å². The van der Waals surface area contributed by atoms with Crippen molar-refractivity contribution in [2.24, 2.45) is 23.7 Å². The summed E-state index contributed by atoms with van der Waals surface area (Å²) in [6.45, 7) is 0. The van der Waals surface area contributed by atoms with Crippen LogP contribution in [0.3, 0.4) is 0 Å². The smallest absolute Gasteiger partial charge is 0.171 e. The van der Waals surface area contributed by atoms with E-state index in [2.05, 4.69) is 33.4 Å². The van der Waals surface area contributed by atoms with Gasteiger partial charge < -0.3 is 30.7 Å². The highest BCUT2D eigenvalue weighted by molar-refractivity contribution is 7.80. The third-order valence-corrected chi connectivity index (χ3v) is 9.78. The van der Waals surface area contributed by atoms with Crippen LogP contribution in [0.4, 0.5) is 11.4 Å². The van der Waals surface area contributed by atoms with E-state index in [-0.39, 0.29) is 0 Å². The Kier molecular flexibility index (Phi) is 7.36. The minimum absolute atomic E-state index is 0.495. The molecule has 0 spiro atoms. The molecule has 0 saturated heterocycles. The van der Waals surface area contributed by atoms with E-state index >= 15 is 0 Å². The lowest BCUT2D eigenvalue weighted by Gasteiger charge is -2.25. The second kappa shape index (κ2) is 10.9. The topological polar surface area (TPSA) is 66.6 Å². The molecule has 0 aromatic heterocycles. The number of benzene rings is 2. The van der Waals surface area contributed by atoms with Gasteiger partial charge in [-0.1, -0.05) is 25.0 Å². The van der Waals surface area contributed by atoms with Gasteiger partial charge in [-0.15, -0.1) is 0 Å². The Balaban J connectivity index is 1.11. The molecule has 38 heavy (non-hydrogen) atoms. The first-order chi connectivity index (χ1) is 18.5. The van der Waals surface area contributed by atoms with Crippen LogP contribution in [-0.4, -0.2) is 36.5 Å². The third kappa shape index (κ3) is 5.30. The Bertz CT molecular complexity index is 1130. The van der Waals surface area contributed by atoms with Gasteiger partial charge in [0.1, 0.15) is 11.5 Å². The molecule has 2 aromatic carbocycles. The van der Waals surface area contributed by atoms with Crippen molar-refractivity contribution in [2.45, 2.75) is 63.5 Å². The van der Waals surface area contributed by atoms with Crippen LogP contribution in [0, 0.1) is 23.7 Å². The van der Waals surface area contributed by atoms with Gasteiger partial charge in [-0.3, -0.25) is 0 Å². The van der Waals surface area contributed by atoms with Crippen molar-refractivity contribution < 1.29 is 9.47 Å². The summed E-state index contributed by atoms with van der Waals surface area (Å²) in [5.74, 6) is 4.77. The molecule has 4 saturated carbocycles. The first kappa shape index (κ1) is 25.7. The van der Waals surface area contributed by atoms with Crippen molar-refractivity contribution in [2.75, 3.05) is 24.9 Å². The SMILES string of the molecule is COc1cc(-c2ccc(NC(=S)N[C@@H]3C[C@@H]4CC[C@@H]3C4)c(OC)c2)ccc1NC(=S)N[C@H]1C[C@H]2CC[C@@H]1C2. The first-order valence-electron chi connectivity index (χ1n) is 14.0. The lowest BCUT2D eigenvalue weighted by atomic mass is 9.95. The summed E-state index contributed by atoms with van der Waals surface area (Å²) < 4.78 is 11.5. The maximum atomic E-state index is 5.73. The average molecular weight is 551 g/mol. The van der Waals surface area contributed by atoms with Gasteiger partial charge in [-0.2, -0.15) is 0 Å². The molecule has 4 fully saturated rings. The second-order valence-electron chi connectivity index (χ2n) is 11.6. The molecule has 6 rings (SSSR count). The van der Waals surface area contributed by atoms with Crippen molar-refractivity contribution in [1.82, 2.24) is 10.6 Å². The van der Waals surface area contributed by atoms with Crippen molar-refractivity contribution in [3.8, 4) is 22.6 Å². The predicted molar refractivity (Wildman–Crippen MR) is 162 cm³/mol. The molecule has 4 aliphatic rings. The van der Waals surface area contributed by atoms with E-state index in [0.29, 0.717) is 22.3 Å². The fourth-order valence-corrected chi connectivity index (χ4v) is 7.97. The highest BCUT2D eigenvalue weighted by Crippen LogP contribution is 2.45. The van der Waals surface area contributed by atoms with Crippen molar-refractivity contribution in [3.05, 3.63) is 36.4 Å².